The summed E-state index contributed by atoms with van der Waals surface area (Å²) in [6.07, 6.45) is 8.11. The van der Waals surface area contributed by atoms with Gasteiger partial charge in [0.05, 0.1) is 89.5 Å². The third kappa shape index (κ3) is 10.6. The van der Waals surface area contributed by atoms with E-state index in [4.69, 9.17) is 48.9 Å². The molecule has 86 heavy (non-hydrogen) atoms. The van der Waals surface area contributed by atoms with Gasteiger partial charge in [-0.3, -0.25) is 19.1 Å². The number of hydrogen-bond donors (Lipinski definition) is 9. The Morgan fingerprint density at radius 2 is 1.23 bits per heavy atom. The Morgan fingerprint density at radius 1 is 0.616 bits per heavy atom. The Morgan fingerprint density at radius 3 is 1.90 bits per heavy atom. The molecule has 12 bridgehead atoms. The van der Waals surface area contributed by atoms with Crippen molar-refractivity contribution < 1.29 is 38.1 Å². The first-order chi connectivity index (χ1) is 41.8. The van der Waals surface area contributed by atoms with Crippen LogP contribution >= 0.6 is 0 Å². The molecule has 3 atom stereocenters. The lowest BCUT2D eigenvalue weighted by Gasteiger charge is -2.21. The van der Waals surface area contributed by atoms with Crippen LogP contribution in [0.4, 0.5) is 51.8 Å². The minimum absolute atomic E-state index is 0.148. The average Bonchev–Trinajstić information content (AvgIpc) is 2.24. The van der Waals surface area contributed by atoms with Crippen LogP contribution in [0, 0.1) is 0 Å². The molecule has 3 aliphatic heterocycles. The number of pyridine rings is 1. The van der Waals surface area contributed by atoms with Crippen molar-refractivity contribution in [2.45, 2.75) is 71.8 Å². The van der Waals surface area contributed by atoms with Crippen molar-refractivity contribution in [1.29, 1.82) is 0 Å². The fourth-order valence-corrected chi connectivity index (χ4v) is 10.7. The number of rotatable bonds is 9. The summed E-state index contributed by atoms with van der Waals surface area (Å²) >= 11 is 0. The molecule has 3 amide bonds. The Hall–Kier alpha value is -10.4. The molecule has 10 aromatic rings. The number of anilines is 9. The number of fused-ring (bicyclic) bond motifs is 11. The van der Waals surface area contributed by atoms with Crippen molar-refractivity contribution in [3.05, 3.63) is 118 Å². The third-order valence-electron chi connectivity index (χ3n) is 14.9. The van der Waals surface area contributed by atoms with Crippen molar-refractivity contribution in [3.63, 3.8) is 0 Å². The molecule has 13 rings (SSSR count). The van der Waals surface area contributed by atoms with Crippen molar-refractivity contribution in [3.8, 4) is 11.6 Å². The molecule has 0 unspecified atom stereocenters. The van der Waals surface area contributed by atoms with Crippen molar-refractivity contribution in [1.82, 2.24) is 74.5 Å². The molecule has 29 nitrogen and oxygen atoms in total. The maximum absolute atomic E-state index is 14.2. The van der Waals surface area contributed by atoms with E-state index >= 15 is 0 Å². The summed E-state index contributed by atoms with van der Waals surface area (Å²) in [5.74, 6) is 1.94. The highest BCUT2D eigenvalue weighted by Crippen LogP contribution is 2.37. The van der Waals surface area contributed by atoms with Crippen LogP contribution in [-0.4, -0.2) is 135 Å². The summed E-state index contributed by atoms with van der Waals surface area (Å²) in [6.45, 7) is 7.29. The predicted octanol–water partition coefficient (Wildman–Crippen LogP) is 5.56. The first-order valence-corrected chi connectivity index (χ1v) is 27.8. The molecular formula is C57H61N21O8. The Bertz CT molecular complexity index is 4330. The summed E-state index contributed by atoms with van der Waals surface area (Å²) < 4.78 is 36.8. The number of aromatic nitrogens is 12. The van der Waals surface area contributed by atoms with E-state index in [-0.39, 0.29) is 105 Å². The standard InChI is InChI=1S/C57H61N21O8/c1-28-22-84-25-31-8-42(57(83-7)62-15-31)70-46-14-48(77-52(72-46)37(18-63-77)54(79)65-28)59-16-32-11-44(82-6)39-9-33(32)26-85-23-29(2)66-55(80)36-19-64-78-49(13-45(68-39)71-51(36)78)60-17-35-34-10-40(50-38(35)21-75(5)74-50)69-47-12-41(58-4)53-61-20-43(76(53)73-47)56(81)67-30(3)24-86-27-34/h8-15,18-21,28-30,58-60H,16-17,22-27H2,1-7H3,(H,65,79)(H,66,80)(H,67,81)(H,68,71)(H,69,73)(H,70,72)/t28-,29-,30-/m1/s1. The van der Waals surface area contributed by atoms with E-state index in [9.17, 15) is 14.4 Å². The Balaban J connectivity index is 0.844. The van der Waals surface area contributed by atoms with Gasteiger partial charge in [-0.1, -0.05) is 0 Å². The van der Waals surface area contributed by atoms with Gasteiger partial charge < -0.3 is 71.5 Å². The van der Waals surface area contributed by atoms with Gasteiger partial charge in [0.15, 0.2) is 28.5 Å². The van der Waals surface area contributed by atoms with Gasteiger partial charge >= 0.3 is 0 Å². The summed E-state index contributed by atoms with van der Waals surface area (Å²) in [4.78, 5) is 60.4. The predicted molar refractivity (Wildman–Crippen MR) is 317 cm³/mol. The van der Waals surface area contributed by atoms with Gasteiger partial charge in [-0.25, -0.2) is 24.5 Å². The quantitative estimate of drug-likeness (QED) is 0.0854. The molecule has 2 aromatic carbocycles. The lowest BCUT2D eigenvalue weighted by Crippen LogP contribution is -2.36. The zero-order chi connectivity index (χ0) is 59.3. The number of nitrogens with one attached hydrogen (secondary N) is 9. The van der Waals surface area contributed by atoms with Crippen LogP contribution in [0.3, 0.4) is 0 Å². The zero-order valence-electron chi connectivity index (χ0n) is 47.9. The highest BCUT2D eigenvalue weighted by Gasteiger charge is 2.26. The average molecular weight is 1170 g/mol. The number of imidazole rings is 1. The summed E-state index contributed by atoms with van der Waals surface area (Å²) in [5.41, 5.74) is 9.03. The van der Waals surface area contributed by atoms with Crippen LogP contribution in [0.1, 0.15) is 79.8 Å². The van der Waals surface area contributed by atoms with E-state index in [1.807, 2.05) is 70.4 Å². The number of methoxy groups -OCH3 is 2. The van der Waals surface area contributed by atoms with Gasteiger partial charge in [-0.05, 0) is 72.9 Å². The smallest absolute Gasteiger partial charge is 0.271 e. The maximum atomic E-state index is 14.2. The van der Waals surface area contributed by atoms with E-state index in [0.717, 1.165) is 33.2 Å². The number of carbonyl (C=O) groups is 3. The zero-order valence-corrected chi connectivity index (χ0v) is 47.9. The van der Waals surface area contributed by atoms with E-state index in [0.29, 0.717) is 80.3 Å². The highest BCUT2D eigenvalue weighted by atomic mass is 16.5. The minimum atomic E-state index is -0.422. The topological polar surface area (TPSA) is 327 Å². The number of hydrogen-bond acceptors (Lipinski definition) is 22. The number of aryl methyl sites for hydroxylation is 1. The lowest BCUT2D eigenvalue weighted by molar-refractivity contribution is 0.0811. The number of amides is 3. The maximum Gasteiger partial charge on any atom is 0.271 e. The molecule has 442 valence electrons. The summed E-state index contributed by atoms with van der Waals surface area (Å²) in [5, 5.41) is 49.7. The van der Waals surface area contributed by atoms with Gasteiger partial charge in [0.1, 0.15) is 51.4 Å². The molecule has 11 heterocycles. The minimum Gasteiger partial charge on any atom is -0.495 e. The molecule has 3 aliphatic rings. The molecule has 8 aromatic heterocycles. The van der Waals surface area contributed by atoms with Gasteiger partial charge in [0.25, 0.3) is 17.7 Å². The molecule has 29 heteroatoms. The Kier molecular flexibility index (Phi) is 14.4. The molecule has 0 saturated heterocycles. The van der Waals surface area contributed by atoms with Gasteiger partial charge in [0, 0.05) is 81.3 Å². The lowest BCUT2D eigenvalue weighted by atomic mass is 10.0. The second kappa shape index (κ2) is 22.6. The van der Waals surface area contributed by atoms with Crippen LogP contribution in [-0.2, 0) is 54.2 Å². The van der Waals surface area contributed by atoms with Gasteiger partial charge in [-0.2, -0.15) is 24.3 Å². The molecular weight excluding hydrogens is 1110 g/mol. The van der Waals surface area contributed by atoms with E-state index in [2.05, 4.69) is 62.9 Å². The summed E-state index contributed by atoms with van der Waals surface area (Å²) in [6, 6.07) is 12.1. The van der Waals surface area contributed by atoms with Crippen LogP contribution in [0.15, 0.2) is 73.4 Å². The van der Waals surface area contributed by atoms with Crippen LogP contribution < -0.4 is 57.3 Å². The Labute approximate surface area is 489 Å². The monoisotopic (exact) mass is 1170 g/mol. The largest absolute Gasteiger partial charge is 0.495 e. The molecule has 0 spiro atoms. The third-order valence-corrected chi connectivity index (χ3v) is 14.9. The van der Waals surface area contributed by atoms with E-state index < -0.39 is 6.04 Å². The molecule has 0 radical (unpaired) electrons. The second-order valence-electron chi connectivity index (χ2n) is 21.3. The van der Waals surface area contributed by atoms with Crippen molar-refractivity contribution >= 4 is 97.4 Å². The normalized spacial score (nSPS) is 17.4. The molecule has 0 aliphatic carbocycles. The first kappa shape index (κ1) is 54.8. The number of benzene rings is 2. The highest BCUT2D eigenvalue weighted by molar-refractivity contribution is 6.01. The first-order valence-electron chi connectivity index (χ1n) is 27.8. The fraction of sp³-hybridized carbons (Fsp3) is 0.316. The van der Waals surface area contributed by atoms with Gasteiger partial charge in [0.2, 0.25) is 5.88 Å². The van der Waals surface area contributed by atoms with Crippen LogP contribution in [0.5, 0.6) is 11.6 Å². The second-order valence-corrected chi connectivity index (χ2v) is 21.3. The van der Waals surface area contributed by atoms with Crippen LogP contribution in [0.2, 0.25) is 0 Å². The number of carbonyl (C=O) groups excluding carboxylic acids is 3. The number of nitrogens with zero attached hydrogens (tertiary/aromatic N) is 12. The number of ether oxygens (including phenoxy) is 5. The molecule has 0 saturated carbocycles. The van der Waals surface area contributed by atoms with Gasteiger partial charge in [-0.15, -0.1) is 5.10 Å². The summed E-state index contributed by atoms with van der Waals surface area (Å²) in [7, 11) is 6.76. The van der Waals surface area contributed by atoms with E-state index in [1.165, 1.54) is 30.2 Å². The van der Waals surface area contributed by atoms with Crippen molar-refractivity contribution in [2.75, 3.05) is 73.0 Å². The molecule has 0 fully saturated rings. The van der Waals surface area contributed by atoms with E-state index in [1.54, 1.807) is 40.1 Å². The SMILES string of the molecule is CNc1cc2nn3c(cnc13)C(=O)N[C@H](C)COCc1cc(c3nn(C)cc3c1CNc1cc3nc4c(cnn14)C(=O)N[C@H](C)COCc1cc(c(OC)cc1CNc1cc4nc5c(cnn15)C(=O)N[C@H](C)COCc1cnc(OC)c(c1)N4)N3)N2. The van der Waals surface area contributed by atoms with Crippen LogP contribution in [0.25, 0.3) is 27.8 Å². The fourth-order valence-electron chi connectivity index (χ4n) is 10.7. The van der Waals surface area contributed by atoms with Crippen molar-refractivity contribution in [2.24, 2.45) is 7.05 Å². The molecule has 9 N–H and O–H groups in total.